The largest absolute Gasteiger partial charge is 0.345 e. The standard InChI is InChI=1S/C24H35ClN4O2/c1-6-26-24(31)29(19(4)5)17-23(30)28(14-18(2)3)16-21-11-9-13-27(21)15-20-10-7-8-12-22(20)25/h7-13,18-19H,6,14-17H2,1-5H3,(H,26,31). The Balaban J connectivity index is 2.18. The van der Waals surface area contributed by atoms with Crippen LogP contribution in [0.5, 0.6) is 0 Å². The minimum atomic E-state index is -0.211. The van der Waals surface area contributed by atoms with Crippen molar-refractivity contribution in [1.82, 2.24) is 19.7 Å². The molecule has 1 aromatic carbocycles. The van der Waals surface area contributed by atoms with Gasteiger partial charge in [0.15, 0.2) is 0 Å². The number of amides is 3. The smallest absolute Gasteiger partial charge is 0.318 e. The summed E-state index contributed by atoms with van der Waals surface area (Å²) in [6.07, 6.45) is 2.01. The van der Waals surface area contributed by atoms with Gasteiger partial charge >= 0.3 is 6.03 Å². The first-order valence-electron chi connectivity index (χ1n) is 10.9. The van der Waals surface area contributed by atoms with Gasteiger partial charge < -0.3 is 19.7 Å². The monoisotopic (exact) mass is 446 g/mol. The van der Waals surface area contributed by atoms with Gasteiger partial charge in [-0.05, 0) is 50.5 Å². The van der Waals surface area contributed by atoms with Crippen LogP contribution in [0.15, 0.2) is 42.6 Å². The molecule has 1 N–H and O–H groups in total. The Morgan fingerprint density at radius 2 is 1.81 bits per heavy atom. The van der Waals surface area contributed by atoms with Crippen LogP contribution in [-0.4, -0.2) is 52.0 Å². The normalized spacial score (nSPS) is 11.1. The van der Waals surface area contributed by atoms with Crippen molar-refractivity contribution in [3.8, 4) is 0 Å². The number of rotatable bonds is 10. The summed E-state index contributed by atoms with van der Waals surface area (Å²) in [4.78, 5) is 29.1. The van der Waals surface area contributed by atoms with E-state index in [0.29, 0.717) is 32.1 Å². The van der Waals surface area contributed by atoms with Gasteiger partial charge in [-0.15, -0.1) is 0 Å². The fourth-order valence-electron chi connectivity index (χ4n) is 3.44. The molecule has 0 fully saturated rings. The van der Waals surface area contributed by atoms with Gasteiger partial charge in [0.25, 0.3) is 0 Å². The third-order valence-corrected chi connectivity index (χ3v) is 5.40. The zero-order chi connectivity index (χ0) is 23.0. The van der Waals surface area contributed by atoms with Crippen LogP contribution in [0.1, 0.15) is 45.9 Å². The van der Waals surface area contributed by atoms with Crippen LogP contribution in [0.3, 0.4) is 0 Å². The highest BCUT2D eigenvalue weighted by Gasteiger charge is 2.24. The molecule has 170 valence electrons. The highest BCUT2D eigenvalue weighted by molar-refractivity contribution is 6.31. The van der Waals surface area contributed by atoms with E-state index >= 15 is 0 Å². The van der Waals surface area contributed by atoms with E-state index in [1.807, 2.05) is 68.3 Å². The summed E-state index contributed by atoms with van der Waals surface area (Å²) in [7, 11) is 0. The highest BCUT2D eigenvalue weighted by atomic mass is 35.5. The first-order valence-corrected chi connectivity index (χ1v) is 11.3. The summed E-state index contributed by atoms with van der Waals surface area (Å²) in [6, 6.07) is 11.5. The van der Waals surface area contributed by atoms with Crippen molar-refractivity contribution < 1.29 is 9.59 Å². The van der Waals surface area contributed by atoms with Gasteiger partial charge in [-0.1, -0.05) is 43.6 Å². The number of nitrogens with zero attached hydrogens (tertiary/aromatic N) is 3. The van der Waals surface area contributed by atoms with Gasteiger partial charge in [0.1, 0.15) is 6.54 Å². The maximum atomic E-state index is 13.2. The number of nitrogens with one attached hydrogen (secondary N) is 1. The maximum absolute atomic E-state index is 13.2. The molecule has 0 spiro atoms. The molecular formula is C24H35ClN4O2. The van der Waals surface area contributed by atoms with Crippen molar-refractivity contribution in [2.24, 2.45) is 5.92 Å². The summed E-state index contributed by atoms with van der Waals surface area (Å²) in [5.41, 5.74) is 2.06. The van der Waals surface area contributed by atoms with E-state index in [4.69, 9.17) is 11.6 Å². The summed E-state index contributed by atoms with van der Waals surface area (Å²) < 4.78 is 2.12. The number of hydrogen-bond acceptors (Lipinski definition) is 2. The lowest BCUT2D eigenvalue weighted by atomic mass is 10.2. The summed E-state index contributed by atoms with van der Waals surface area (Å²) in [5.74, 6) is 0.257. The number of aromatic nitrogens is 1. The predicted molar refractivity (Wildman–Crippen MR) is 126 cm³/mol. The second kappa shape index (κ2) is 11.8. The van der Waals surface area contributed by atoms with E-state index in [1.54, 1.807) is 4.90 Å². The fraction of sp³-hybridized carbons (Fsp3) is 0.500. The molecule has 0 unspecified atom stereocenters. The quantitative estimate of drug-likeness (QED) is 0.579. The van der Waals surface area contributed by atoms with Crippen LogP contribution in [0.4, 0.5) is 4.79 Å². The highest BCUT2D eigenvalue weighted by Crippen LogP contribution is 2.18. The van der Waals surface area contributed by atoms with Crippen LogP contribution in [0, 0.1) is 5.92 Å². The minimum absolute atomic E-state index is 0.0563. The van der Waals surface area contributed by atoms with Crippen molar-refractivity contribution in [2.75, 3.05) is 19.6 Å². The van der Waals surface area contributed by atoms with Gasteiger partial charge in [0, 0.05) is 42.6 Å². The van der Waals surface area contributed by atoms with E-state index in [-0.39, 0.29) is 24.5 Å². The first kappa shape index (κ1) is 24.8. The van der Waals surface area contributed by atoms with E-state index in [2.05, 4.69) is 23.7 Å². The van der Waals surface area contributed by atoms with E-state index in [0.717, 1.165) is 16.3 Å². The average molecular weight is 447 g/mol. The Bertz CT molecular complexity index is 863. The predicted octanol–water partition coefficient (Wildman–Crippen LogP) is 4.61. The van der Waals surface area contributed by atoms with Crippen LogP contribution >= 0.6 is 11.6 Å². The van der Waals surface area contributed by atoms with Crippen LogP contribution in [-0.2, 0) is 17.9 Å². The van der Waals surface area contributed by atoms with E-state index < -0.39 is 0 Å². The molecule has 0 bridgehead atoms. The molecule has 0 aliphatic heterocycles. The lowest BCUT2D eigenvalue weighted by Gasteiger charge is -2.31. The lowest BCUT2D eigenvalue weighted by Crippen LogP contribution is -2.50. The molecule has 1 aromatic heterocycles. The van der Waals surface area contributed by atoms with Crippen molar-refractivity contribution in [1.29, 1.82) is 0 Å². The third-order valence-electron chi connectivity index (χ3n) is 5.03. The second-order valence-corrected chi connectivity index (χ2v) is 8.85. The van der Waals surface area contributed by atoms with Gasteiger partial charge in [-0.25, -0.2) is 4.79 Å². The molecule has 2 aromatic rings. The molecule has 0 saturated heterocycles. The Labute approximate surface area is 191 Å². The fourth-order valence-corrected chi connectivity index (χ4v) is 3.63. The Morgan fingerprint density at radius 1 is 1.10 bits per heavy atom. The van der Waals surface area contributed by atoms with Crippen molar-refractivity contribution in [3.63, 3.8) is 0 Å². The summed E-state index contributed by atoms with van der Waals surface area (Å²) in [5, 5.41) is 3.53. The Kier molecular flexibility index (Phi) is 9.44. The summed E-state index contributed by atoms with van der Waals surface area (Å²) >= 11 is 6.34. The number of carbonyl (C=O) groups excluding carboxylic acids is 2. The summed E-state index contributed by atoms with van der Waals surface area (Å²) in [6.45, 7) is 12.2. The maximum Gasteiger partial charge on any atom is 0.318 e. The van der Waals surface area contributed by atoms with E-state index in [9.17, 15) is 9.59 Å². The van der Waals surface area contributed by atoms with Crippen molar-refractivity contribution >= 4 is 23.5 Å². The number of halogens is 1. The molecule has 1 heterocycles. The zero-order valence-corrected chi connectivity index (χ0v) is 20.0. The molecule has 2 rings (SSSR count). The number of benzene rings is 1. The van der Waals surface area contributed by atoms with Crippen molar-refractivity contribution in [2.45, 2.75) is 53.8 Å². The Morgan fingerprint density at radius 3 is 2.42 bits per heavy atom. The molecule has 31 heavy (non-hydrogen) atoms. The molecule has 0 atom stereocenters. The number of carbonyl (C=O) groups is 2. The molecule has 0 saturated carbocycles. The van der Waals surface area contributed by atoms with Crippen LogP contribution in [0.2, 0.25) is 5.02 Å². The molecule has 0 aliphatic carbocycles. The third kappa shape index (κ3) is 7.31. The lowest BCUT2D eigenvalue weighted by molar-refractivity contribution is -0.133. The molecule has 7 heteroatoms. The van der Waals surface area contributed by atoms with Gasteiger partial charge in [0.05, 0.1) is 6.54 Å². The van der Waals surface area contributed by atoms with Crippen LogP contribution in [0.25, 0.3) is 0 Å². The molecule has 0 radical (unpaired) electrons. The average Bonchev–Trinajstić information content (AvgIpc) is 3.13. The molecule has 3 amide bonds. The van der Waals surface area contributed by atoms with Gasteiger partial charge in [-0.2, -0.15) is 0 Å². The van der Waals surface area contributed by atoms with E-state index in [1.165, 1.54) is 0 Å². The number of hydrogen-bond donors (Lipinski definition) is 1. The molecule has 6 nitrogen and oxygen atoms in total. The number of urea groups is 1. The van der Waals surface area contributed by atoms with Crippen LogP contribution < -0.4 is 5.32 Å². The molecular weight excluding hydrogens is 412 g/mol. The van der Waals surface area contributed by atoms with Gasteiger partial charge in [0.2, 0.25) is 5.91 Å². The Hall–Kier alpha value is -2.47. The zero-order valence-electron chi connectivity index (χ0n) is 19.3. The van der Waals surface area contributed by atoms with Gasteiger partial charge in [-0.3, -0.25) is 4.79 Å². The molecule has 0 aliphatic rings. The topological polar surface area (TPSA) is 57.6 Å². The van der Waals surface area contributed by atoms with Crippen molar-refractivity contribution in [3.05, 3.63) is 58.9 Å². The first-order chi connectivity index (χ1) is 14.7. The minimum Gasteiger partial charge on any atom is -0.345 e. The second-order valence-electron chi connectivity index (χ2n) is 8.44. The SMILES string of the molecule is CCNC(=O)N(CC(=O)N(Cc1cccn1Cc1ccccc1Cl)CC(C)C)C(C)C.